The predicted molar refractivity (Wildman–Crippen MR) is 103 cm³/mol. The van der Waals surface area contributed by atoms with Crippen LogP contribution in [0.25, 0.3) is 0 Å². The first-order valence-electron chi connectivity index (χ1n) is 8.42. The van der Waals surface area contributed by atoms with Gasteiger partial charge in [-0.2, -0.15) is 11.8 Å². The van der Waals surface area contributed by atoms with E-state index in [9.17, 15) is 4.79 Å². The fourth-order valence-electron chi connectivity index (χ4n) is 2.60. The number of hydrogen-bond acceptors (Lipinski definition) is 5. The minimum atomic E-state index is 0.00428. The van der Waals surface area contributed by atoms with E-state index in [0.29, 0.717) is 18.0 Å². The number of amides is 1. The maximum atomic E-state index is 12.1. The molecule has 1 aromatic heterocycles. The summed E-state index contributed by atoms with van der Waals surface area (Å²) >= 11 is 1.88. The van der Waals surface area contributed by atoms with E-state index < -0.39 is 0 Å². The quantitative estimate of drug-likeness (QED) is 0.857. The van der Waals surface area contributed by atoms with Crippen LogP contribution in [0.3, 0.4) is 0 Å². The molecule has 25 heavy (non-hydrogen) atoms. The van der Waals surface area contributed by atoms with Gasteiger partial charge in [-0.05, 0) is 43.2 Å². The number of pyridine rings is 1. The molecule has 1 amide bonds. The summed E-state index contributed by atoms with van der Waals surface area (Å²) in [4.78, 5) is 16.4. The maximum absolute atomic E-state index is 12.1. The van der Waals surface area contributed by atoms with Crippen LogP contribution >= 0.6 is 11.8 Å². The smallest absolute Gasteiger partial charge is 0.226 e. The second-order valence-electron chi connectivity index (χ2n) is 6.21. The van der Waals surface area contributed by atoms with Gasteiger partial charge in [0, 0.05) is 36.6 Å². The molecule has 3 rings (SSSR count). The Morgan fingerprint density at radius 2 is 2.20 bits per heavy atom. The van der Waals surface area contributed by atoms with Crippen LogP contribution in [0.4, 0.5) is 5.69 Å². The lowest BCUT2D eigenvalue weighted by Gasteiger charge is -2.22. The molecule has 1 aromatic carbocycles. The molecule has 1 aliphatic rings. The molecule has 2 aromatic rings. The molecule has 2 N–H and O–H groups in total. The van der Waals surface area contributed by atoms with Crippen molar-refractivity contribution in [2.45, 2.75) is 26.3 Å². The zero-order valence-electron chi connectivity index (χ0n) is 14.5. The van der Waals surface area contributed by atoms with Crippen molar-refractivity contribution in [3.05, 3.63) is 47.7 Å². The molecule has 2 heterocycles. The zero-order valence-corrected chi connectivity index (χ0v) is 15.4. The molecule has 6 heteroatoms. The molecule has 0 radical (unpaired) electrons. The molecule has 1 unspecified atom stereocenters. The molecule has 0 saturated carbocycles. The van der Waals surface area contributed by atoms with Gasteiger partial charge in [-0.3, -0.25) is 4.79 Å². The van der Waals surface area contributed by atoms with Gasteiger partial charge in [0.05, 0.1) is 11.9 Å². The van der Waals surface area contributed by atoms with E-state index >= 15 is 0 Å². The first kappa shape index (κ1) is 17.8. The number of hydrogen-bond donors (Lipinski definition) is 2. The van der Waals surface area contributed by atoms with Gasteiger partial charge in [-0.1, -0.05) is 6.07 Å². The number of nitrogens with one attached hydrogen (secondary N) is 2. The lowest BCUT2D eigenvalue weighted by Crippen LogP contribution is -2.39. The second-order valence-corrected chi connectivity index (χ2v) is 7.36. The van der Waals surface area contributed by atoms with Crippen molar-refractivity contribution in [3.8, 4) is 11.6 Å². The zero-order chi connectivity index (χ0) is 17.6. The Morgan fingerprint density at radius 3 is 2.88 bits per heavy atom. The number of ether oxygens (including phenoxy) is 1. The van der Waals surface area contributed by atoms with Gasteiger partial charge in [0.1, 0.15) is 5.75 Å². The standard InChI is InChI=1S/C19H23N3O2S/c1-13-3-5-17(9-14(13)2)24-19-6-4-15(11-21-19)22-18(23)10-16-12-25-8-7-20-16/h3-6,9,11,16,20H,7-8,10,12H2,1-2H3,(H,22,23). The lowest BCUT2D eigenvalue weighted by atomic mass is 10.1. The van der Waals surface area contributed by atoms with Gasteiger partial charge in [0.15, 0.2) is 0 Å². The van der Waals surface area contributed by atoms with Crippen LogP contribution < -0.4 is 15.4 Å². The topological polar surface area (TPSA) is 63.2 Å². The van der Waals surface area contributed by atoms with E-state index in [1.54, 1.807) is 12.3 Å². The molecule has 1 aliphatic heterocycles. The molecule has 1 atom stereocenters. The summed E-state index contributed by atoms with van der Waals surface area (Å²) in [6.45, 7) is 5.08. The Balaban J connectivity index is 1.54. The summed E-state index contributed by atoms with van der Waals surface area (Å²) in [6, 6.07) is 9.76. The number of carbonyl (C=O) groups excluding carboxylic acids is 1. The highest BCUT2D eigenvalue weighted by Crippen LogP contribution is 2.23. The Bertz CT molecular complexity index is 728. The number of anilines is 1. The Hall–Kier alpha value is -2.05. The van der Waals surface area contributed by atoms with Crippen molar-refractivity contribution in [2.75, 3.05) is 23.4 Å². The third-order valence-electron chi connectivity index (χ3n) is 4.15. The molecular weight excluding hydrogens is 334 g/mol. The van der Waals surface area contributed by atoms with Crippen molar-refractivity contribution in [3.63, 3.8) is 0 Å². The SMILES string of the molecule is Cc1ccc(Oc2ccc(NC(=O)CC3CSCCN3)cn2)cc1C. The van der Waals surface area contributed by atoms with E-state index in [0.717, 1.165) is 23.8 Å². The molecule has 5 nitrogen and oxygen atoms in total. The molecule has 132 valence electrons. The summed E-state index contributed by atoms with van der Waals surface area (Å²) in [5.41, 5.74) is 3.08. The average Bonchev–Trinajstić information content (AvgIpc) is 2.61. The first-order valence-corrected chi connectivity index (χ1v) is 9.58. The molecule has 0 spiro atoms. The van der Waals surface area contributed by atoms with E-state index in [4.69, 9.17) is 4.74 Å². The minimum Gasteiger partial charge on any atom is -0.439 e. The number of benzene rings is 1. The highest BCUT2D eigenvalue weighted by atomic mass is 32.2. The second kappa shape index (κ2) is 8.36. The first-order chi connectivity index (χ1) is 12.1. The Labute approximate surface area is 152 Å². The van der Waals surface area contributed by atoms with Crippen LogP contribution in [0.1, 0.15) is 17.5 Å². The summed E-state index contributed by atoms with van der Waals surface area (Å²) < 4.78 is 5.76. The summed E-state index contributed by atoms with van der Waals surface area (Å²) in [5, 5.41) is 6.25. The molecule has 1 saturated heterocycles. The van der Waals surface area contributed by atoms with Crippen LogP contribution in [-0.2, 0) is 4.79 Å². The third-order valence-corrected chi connectivity index (χ3v) is 5.28. The average molecular weight is 357 g/mol. The number of rotatable bonds is 5. The monoisotopic (exact) mass is 357 g/mol. The molecule has 0 aliphatic carbocycles. The largest absolute Gasteiger partial charge is 0.439 e. The summed E-state index contributed by atoms with van der Waals surface area (Å²) in [7, 11) is 0. The Morgan fingerprint density at radius 1 is 1.32 bits per heavy atom. The number of aryl methyl sites for hydroxylation is 2. The van der Waals surface area contributed by atoms with Crippen LogP contribution in [0, 0.1) is 13.8 Å². The van der Waals surface area contributed by atoms with Crippen molar-refractivity contribution in [1.29, 1.82) is 0 Å². The van der Waals surface area contributed by atoms with Gasteiger partial charge >= 0.3 is 0 Å². The number of aromatic nitrogens is 1. The van der Waals surface area contributed by atoms with Gasteiger partial charge in [-0.15, -0.1) is 0 Å². The fraction of sp³-hybridized carbons (Fsp3) is 0.368. The summed E-state index contributed by atoms with van der Waals surface area (Å²) in [5.74, 6) is 3.36. The van der Waals surface area contributed by atoms with E-state index in [2.05, 4.69) is 22.5 Å². The van der Waals surface area contributed by atoms with Crippen LogP contribution in [0.15, 0.2) is 36.5 Å². The maximum Gasteiger partial charge on any atom is 0.226 e. The van der Waals surface area contributed by atoms with E-state index in [1.807, 2.05) is 43.0 Å². The third kappa shape index (κ3) is 5.21. The van der Waals surface area contributed by atoms with Gasteiger partial charge in [0.25, 0.3) is 0 Å². The van der Waals surface area contributed by atoms with Gasteiger partial charge in [-0.25, -0.2) is 4.98 Å². The predicted octanol–water partition coefficient (Wildman–Crippen LogP) is 3.52. The van der Waals surface area contributed by atoms with E-state index in [-0.39, 0.29) is 11.9 Å². The van der Waals surface area contributed by atoms with E-state index in [1.165, 1.54) is 11.1 Å². The normalized spacial score (nSPS) is 17.1. The van der Waals surface area contributed by atoms with Crippen molar-refractivity contribution in [2.24, 2.45) is 0 Å². The van der Waals surface area contributed by atoms with Crippen LogP contribution in [0.5, 0.6) is 11.6 Å². The number of nitrogens with zero attached hydrogens (tertiary/aromatic N) is 1. The van der Waals surface area contributed by atoms with Crippen molar-refractivity contribution in [1.82, 2.24) is 10.3 Å². The van der Waals surface area contributed by atoms with Crippen LogP contribution in [-0.4, -0.2) is 35.0 Å². The van der Waals surface area contributed by atoms with Gasteiger partial charge in [0.2, 0.25) is 11.8 Å². The minimum absolute atomic E-state index is 0.00428. The molecule has 1 fully saturated rings. The number of carbonyl (C=O) groups is 1. The van der Waals surface area contributed by atoms with Crippen molar-refractivity contribution < 1.29 is 9.53 Å². The highest BCUT2D eigenvalue weighted by molar-refractivity contribution is 7.99. The summed E-state index contributed by atoms with van der Waals surface area (Å²) in [6.07, 6.45) is 2.10. The lowest BCUT2D eigenvalue weighted by molar-refractivity contribution is -0.116. The van der Waals surface area contributed by atoms with Crippen LogP contribution in [0.2, 0.25) is 0 Å². The highest BCUT2D eigenvalue weighted by Gasteiger charge is 2.16. The molecule has 0 bridgehead atoms. The molecular formula is C19H23N3O2S. The Kier molecular flexibility index (Phi) is 5.94. The number of thioether (sulfide) groups is 1. The van der Waals surface area contributed by atoms with Crippen molar-refractivity contribution >= 4 is 23.4 Å². The fourth-order valence-corrected chi connectivity index (χ4v) is 3.55. The van der Waals surface area contributed by atoms with Gasteiger partial charge < -0.3 is 15.4 Å².